The molecule has 0 saturated heterocycles. The third-order valence-electron chi connectivity index (χ3n) is 2.27. The lowest BCUT2D eigenvalue weighted by Gasteiger charge is -2.17. The number of amides is 1. The number of rotatable bonds is 4. The molecule has 1 amide bonds. The lowest BCUT2D eigenvalue weighted by Crippen LogP contribution is -2.30. The first-order valence-corrected chi connectivity index (χ1v) is 5.39. The van der Waals surface area contributed by atoms with Crippen LogP contribution in [0.25, 0.3) is 0 Å². The molecule has 1 aromatic carbocycles. The van der Waals surface area contributed by atoms with E-state index in [9.17, 15) is 15.0 Å². The summed E-state index contributed by atoms with van der Waals surface area (Å²) in [6, 6.07) is 4.14. The summed E-state index contributed by atoms with van der Waals surface area (Å²) in [5.41, 5.74) is 5.22. The lowest BCUT2D eigenvalue weighted by molar-refractivity contribution is 0.0793. The van der Waals surface area contributed by atoms with Gasteiger partial charge in [-0.3, -0.25) is 4.79 Å². The standard InChI is InChI=1S/C11H14N2O3S/c1-13(6-5-9(12)17)11(16)10-7(14)3-2-4-8(10)15/h2-4,14-15H,5-6H2,1H3,(H2,12,17). The number of hydrogen-bond acceptors (Lipinski definition) is 4. The first-order chi connectivity index (χ1) is 7.93. The van der Waals surface area contributed by atoms with E-state index in [4.69, 9.17) is 18.0 Å². The van der Waals surface area contributed by atoms with Crippen molar-refractivity contribution in [3.05, 3.63) is 23.8 Å². The number of benzene rings is 1. The molecule has 0 heterocycles. The van der Waals surface area contributed by atoms with E-state index >= 15 is 0 Å². The predicted octanol–water partition coefficient (Wildman–Crippen LogP) is 0.846. The van der Waals surface area contributed by atoms with Crippen LogP contribution in [0.15, 0.2) is 18.2 Å². The fourth-order valence-electron chi connectivity index (χ4n) is 1.32. The monoisotopic (exact) mass is 254 g/mol. The number of phenolic OH excluding ortho intramolecular Hbond substituents is 2. The van der Waals surface area contributed by atoms with Gasteiger partial charge in [0.05, 0.1) is 4.99 Å². The minimum absolute atomic E-state index is 0.113. The van der Waals surface area contributed by atoms with Gasteiger partial charge in [-0.2, -0.15) is 0 Å². The van der Waals surface area contributed by atoms with E-state index in [0.29, 0.717) is 18.0 Å². The third-order valence-corrected chi connectivity index (χ3v) is 2.48. The van der Waals surface area contributed by atoms with Crippen molar-refractivity contribution in [1.29, 1.82) is 0 Å². The molecule has 0 fully saturated rings. The van der Waals surface area contributed by atoms with E-state index in [1.165, 1.54) is 23.1 Å². The van der Waals surface area contributed by atoms with Gasteiger partial charge in [-0.25, -0.2) is 0 Å². The van der Waals surface area contributed by atoms with Crippen LogP contribution in [0.3, 0.4) is 0 Å². The molecule has 0 radical (unpaired) electrons. The number of phenols is 2. The van der Waals surface area contributed by atoms with E-state index in [1.54, 1.807) is 7.05 Å². The largest absolute Gasteiger partial charge is 0.507 e. The summed E-state index contributed by atoms with van der Waals surface area (Å²) in [4.78, 5) is 13.6. The minimum atomic E-state index is -0.475. The zero-order chi connectivity index (χ0) is 13.0. The Kier molecular flexibility index (Phi) is 4.28. The Morgan fingerprint density at radius 3 is 2.41 bits per heavy atom. The van der Waals surface area contributed by atoms with Crippen LogP contribution in [0, 0.1) is 0 Å². The van der Waals surface area contributed by atoms with Gasteiger partial charge in [0, 0.05) is 20.0 Å². The summed E-state index contributed by atoms with van der Waals surface area (Å²) >= 11 is 4.71. The van der Waals surface area contributed by atoms with Crippen LogP contribution in [-0.4, -0.2) is 39.6 Å². The second-order valence-electron chi connectivity index (χ2n) is 3.61. The van der Waals surface area contributed by atoms with Crippen molar-refractivity contribution >= 4 is 23.1 Å². The Morgan fingerprint density at radius 1 is 1.41 bits per heavy atom. The number of hydrogen-bond donors (Lipinski definition) is 3. The van der Waals surface area contributed by atoms with Crippen molar-refractivity contribution in [3.8, 4) is 11.5 Å². The molecule has 4 N–H and O–H groups in total. The second kappa shape index (κ2) is 5.49. The highest BCUT2D eigenvalue weighted by molar-refractivity contribution is 7.80. The van der Waals surface area contributed by atoms with Gasteiger partial charge in [0.2, 0.25) is 0 Å². The van der Waals surface area contributed by atoms with E-state index in [2.05, 4.69) is 0 Å². The van der Waals surface area contributed by atoms with Gasteiger partial charge in [0.1, 0.15) is 17.1 Å². The topological polar surface area (TPSA) is 86.8 Å². The summed E-state index contributed by atoms with van der Waals surface area (Å²) in [6.07, 6.45) is 0.395. The third kappa shape index (κ3) is 3.32. The zero-order valence-electron chi connectivity index (χ0n) is 9.38. The Balaban J connectivity index is 2.85. The van der Waals surface area contributed by atoms with Gasteiger partial charge in [-0.05, 0) is 12.1 Å². The lowest BCUT2D eigenvalue weighted by atomic mass is 10.1. The smallest absolute Gasteiger partial charge is 0.261 e. The minimum Gasteiger partial charge on any atom is -0.507 e. The Bertz CT molecular complexity index is 428. The number of carbonyl (C=O) groups excluding carboxylic acids is 1. The molecule has 17 heavy (non-hydrogen) atoms. The SMILES string of the molecule is CN(CCC(N)=S)C(=O)c1c(O)cccc1O. The predicted molar refractivity (Wildman–Crippen MR) is 68.1 cm³/mol. The van der Waals surface area contributed by atoms with Crippen LogP contribution in [-0.2, 0) is 0 Å². The van der Waals surface area contributed by atoms with E-state index in [1.807, 2.05) is 0 Å². The van der Waals surface area contributed by atoms with Crippen LogP contribution >= 0.6 is 12.2 Å². The van der Waals surface area contributed by atoms with Crippen molar-refractivity contribution in [3.63, 3.8) is 0 Å². The fraction of sp³-hybridized carbons (Fsp3) is 0.273. The van der Waals surface area contributed by atoms with Crippen molar-refractivity contribution in [2.24, 2.45) is 5.73 Å². The molecule has 0 atom stereocenters. The van der Waals surface area contributed by atoms with Gasteiger partial charge < -0.3 is 20.8 Å². The van der Waals surface area contributed by atoms with Crippen molar-refractivity contribution in [2.45, 2.75) is 6.42 Å². The number of thiocarbonyl (C=S) groups is 1. The zero-order valence-corrected chi connectivity index (χ0v) is 10.2. The molecule has 0 unspecified atom stereocenters. The molecule has 0 saturated carbocycles. The second-order valence-corrected chi connectivity index (χ2v) is 4.14. The molecule has 1 rings (SSSR count). The van der Waals surface area contributed by atoms with Crippen LogP contribution in [0.2, 0.25) is 0 Å². The quantitative estimate of drug-likeness (QED) is 0.693. The van der Waals surface area contributed by atoms with Gasteiger partial charge >= 0.3 is 0 Å². The molecular weight excluding hydrogens is 240 g/mol. The van der Waals surface area contributed by atoms with Crippen molar-refractivity contribution in [2.75, 3.05) is 13.6 Å². The molecule has 0 aromatic heterocycles. The number of nitrogens with two attached hydrogens (primary N) is 1. The normalized spacial score (nSPS) is 9.94. The van der Waals surface area contributed by atoms with Crippen molar-refractivity contribution in [1.82, 2.24) is 4.90 Å². The molecule has 0 bridgehead atoms. The molecular formula is C11H14N2O3S. The Hall–Kier alpha value is -1.82. The maximum absolute atomic E-state index is 11.9. The first kappa shape index (κ1) is 13.2. The molecule has 0 aliphatic heterocycles. The van der Waals surface area contributed by atoms with Crippen LogP contribution < -0.4 is 5.73 Å². The summed E-state index contributed by atoms with van der Waals surface area (Å²) in [5.74, 6) is -0.980. The van der Waals surface area contributed by atoms with Gasteiger partial charge in [0.25, 0.3) is 5.91 Å². The van der Waals surface area contributed by atoms with Crippen LogP contribution in [0.4, 0.5) is 0 Å². The van der Waals surface area contributed by atoms with Gasteiger partial charge in [-0.1, -0.05) is 18.3 Å². The average Bonchev–Trinajstić information content (AvgIpc) is 2.25. The van der Waals surface area contributed by atoms with E-state index in [-0.39, 0.29) is 17.1 Å². The van der Waals surface area contributed by atoms with Gasteiger partial charge in [0.15, 0.2) is 0 Å². The summed E-state index contributed by atoms with van der Waals surface area (Å²) in [6.45, 7) is 0.335. The van der Waals surface area contributed by atoms with Crippen molar-refractivity contribution < 1.29 is 15.0 Å². The maximum Gasteiger partial charge on any atom is 0.261 e. The molecule has 1 aromatic rings. The summed E-state index contributed by atoms with van der Waals surface area (Å²) in [7, 11) is 1.55. The van der Waals surface area contributed by atoms with E-state index < -0.39 is 5.91 Å². The summed E-state index contributed by atoms with van der Waals surface area (Å²) < 4.78 is 0. The van der Waals surface area contributed by atoms with Crippen LogP contribution in [0.1, 0.15) is 16.8 Å². The fourth-order valence-corrected chi connectivity index (χ4v) is 1.41. The Morgan fingerprint density at radius 2 is 1.94 bits per heavy atom. The molecule has 0 spiro atoms. The first-order valence-electron chi connectivity index (χ1n) is 4.98. The van der Waals surface area contributed by atoms with Crippen LogP contribution in [0.5, 0.6) is 11.5 Å². The Labute approximate surface area is 104 Å². The van der Waals surface area contributed by atoms with E-state index in [0.717, 1.165) is 0 Å². The molecule has 5 nitrogen and oxygen atoms in total. The highest BCUT2D eigenvalue weighted by Crippen LogP contribution is 2.27. The molecule has 0 aliphatic carbocycles. The highest BCUT2D eigenvalue weighted by Gasteiger charge is 2.19. The molecule has 92 valence electrons. The molecule has 0 aliphatic rings. The number of aromatic hydroxyl groups is 2. The average molecular weight is 254 g/mol. The number of carbonyl (C=O) groups is 1. The van der Waals surface area contributed by atoms with Gasteiger partial charge in [-0.15, -0.1) is 0 Å². The molecule has 6 heteroatoms. The number of nitrogens with zero attached hydrogens (tertiary/aromatic N) is 1. The highest BCUT2D eigenvalue weighted by atomic mass is 32.1. The maximum atomic E-state index is 11.9. The summed E-state index contributed by atoms with van der Waals surface area (Å²) in [5, 5.41) is 19.1.